The first-order chi connectivity index (χ1) is 7.57. The van der Waals surface area contributed by atoms with Gasteiger partial charge in [-0.1, -0.05) is 12.1 Å². The lowest BCUT2D eigenvalue weighted by Crippen LogP contribution is -2.45. The zero-order chi connectivity index (χ0) is 13.4. The summed E-state index contributed by atoms with van der Waals surface area (Å²) in [5.74, 6) is -5.76. The lowest BCUT2D eigenvalue weighted by molar-refractivity contribution is -0.291. The molecule has 1 nitrogen and oxygen atoms in total. The average molecular weight is 294 g/mol. The molecule has 1 atom stereocenters. The molecule has 0 spiro atoms. The molecule has 0 bridgehead atoms. The van der Waals surface area contributed by atoms with Crippen molar-refractivity contribution in [3.05, 3.63) is 35.1 Å². The van der Waals surface area contributed by atoms with Gasteiger partial charge in [0.25, 0.3) is 0 Å². The summed E-state index contributed by atoms with van der Waals surface area (Å²) in [4.78, 5) is 0. The van der Waals surface area contributed by atoms with E-state index in [1.807, 2.05) is 0 Å². The van der Waals surface area contributed by atoms with E-state index >= 15 is 0 Å². The van der Waals surface area contributed by atoms with Crippen LogP contribution in [0.4, 0.5) is 26.3 Å². The molecule has 8 heteroatoms. The van der Waals surface area contributed by atoms with Crippen LogP contribution in [-0.4, -0.2) is 12.1 Å². The number of alkyl halides is 5. The van der Waals surface area contributed by atoms with Gasteiger partial charge in [-0.3, -0.25) is 0 Å². The molecule has 104 valence electrons. The van der Waals surface area contributed by atoms with Gasteiger partial charge in [0.1, 0.15) is 11.9 Å². The Morgan fingerprint density at radius 2 is 1.61 bits per heavy atom. The molecule has 0 radical (unpaired) electrons. The van der Waals surface area contributed by atoms with Crippen LogP contribution >= 0.6 is 12.4 Å². The quantitative estimate of drug-likeness (QED) is 0.826. The van der Waals surface area contributed by atoms with Gasteiger partial charge in [-0.15, -0.1) is 12.4 Å². The predicted molar refractivity (Wildman–Crippen MR) is 56.3 cm³/mol. The highest BCUT2D eigenvalue weighted by Crippen LogP contribution is 2.43. The molecule has 1 aromatic rings. The standard InChI is InChI=1S/C10H9F6N.ClH/c1-5-4-6(2-3-7(5)11)8(17)9(12,13)10(14,15)16;/h2-4,8H,17H2,1H3;1H/t8-;/m1./s1. The van der Waals surface area contributed by atoms with Crippen molar-refractivity contribution in [2.75, 3.05) is 0 Å². The summed E-state index contributed by atoms with van der Waals surface area (Å²) in [5.41, 5.74) is 4.37. The van der Waals surface area contributed by atoms with E-state index in [0.29, 0.717) is 0 Å². The van der Waals surface area contributed by atoms with E-state index in [-0.39, 0.29) is 18.0 Å². The van der Waals surface area contributed by atoms with Gasteiger partial charge >= 0.3 is 12.1 Å². The molecule has 0 heterocycles. The first-order valence-corrected chi connectivity index (χ1v) is 4.53. The van der Waals surface area contributed by atoms with E-state index in [1.165, 1.54) is 6.92 Å². The van der Waals surface area contributed by atoms with Crippen LogP contribution in [0.2, 0.25) is 0 Å². The van der Waals surface area contributed by atoms with E-state index in [9.17, 15) is 26.3 Å². The monoisotopic (exact) mass is 293 g/mol. The Kier molecular flexibility index (Phi) is 5.07. The second-order valence-corrected chi connectivity index (χ2v) is 3.61. The molecule has 1 aromatic carbocycles. The van der Waals surface area contributed by atoms with Gasteiger partial charge in [0.2, 0.25) is 0 Å². The Hall–Kier alpha value is -0.950. The minimum absolute atomic E-state index is 0. The van der Waals surface area contributed by atoms with Gasteiger partial charge in [0.05, 0.1) is 0 Å². The number of aryl methyl sites for hydroxylation is 1. The lowest BCUT2D eigenvalue weighted by Gasteiger charge is -2.26. The summed E-state index contributed by atoms with van der Waals surface area (Å²) >= 11 is 0. The van der Waals surface area contributed by atoms with Gasteiger partial charge in [0, 0.05) is 0 Å². The van der Waals surface area contributed by atoms with Crippen molar-refractivity contribution in [1.82, 2.24) is 0 Å². The molecular formula is C10H10ClF6N. The Morgan fingerprint density at radius 1 is 1.11 bits per heavy atom. The Bertz CT molecular complexity index is 417. The summed E-state index contributed by atoms with van der Waals surface area (Å²) in [5, 5.41) is 0. The van der Waals surface area contributed by atoms with E-state index in [2.05, 4.69) is 0 Å². The zero-order valence-electron chi connectivity index (χ0n) is 9.06. The van der Waals surface area contributed by atoms with Crippen LogP contribution in [0.3, 0.4) is 0 Å². The fraction of sp³-hybridized carbons (Fsp3) is 0.400. The van der Waals surface area contributed by atoms with Crippen LogP contribution in [0.25, 0.3) is 0 Å². The summed E-state index contributed by atoms with van der Waals surface area (Å²) in [7, 11) is 0. The first-order valence-electron chi connectivity index (χ1n) is 4.53. The maximum Gasteiger partial charge on any atom is 0.455 e. The fourth-order valence-electron chi connectivity index (χ4n) is 1.25. The summed E-state index contributed by atoms with van der Waals surface area (Å²) < 4.78 is 74.8. The van der Waals surface area contributed by atoms with Crippen LogP contribution in [0.15, 0.2) is 18.2 Å². The summed E-state index contributed by atoms with van der Waals surface area (Å²) in [6.45, 7) is 1.25. The molecule has 0 amide bonds. The molecule has 18 heavy (non-hydrogen) atoms. The third-order valence-electron chi connectivity index (χ3n) is 2.31. The molecule has 0 aliphatic carbocycles. The number of benzene rings is 1. The molecule has 0 aliphatic rings. The minimum atomic E-state index is -5.74. The predicted octanol–water partition coefficient (Wildman–Crippen LogP) is 3.75. The highest BCUT2D eigenvalue weighted by molar-refractivity contribution is 5.85. The van der Waals surface area contributed by atoms with Gasteiger partial charge < -0.3 is 5.73 Å². The Balaban J connectivity index is 0.00000289. The largest absolute Gasteiger partial charge is 0.455 e. The van der Waals surface area contributed by atoms with E-state index in [0.717, 1.165) is 18.2 Å². The van der Waals surface area contributed by atoms with Gasteiger partial charge in [0.15, 0.2) is 0 Å². The van der Waals surface area contributed by atoms with Crippen LogP contribution < -0.4 is 5.73 Å². The highest BCUT2D eigenvalue weighted by Gasteiger charge is 2.61. The summed E-state index contributed by atoms with van der Waals surface area (Å²) in [6, 6.07) is -0.0645. The lowest BCUT2D eigenvalue weighted by atomic mass is 9.99. The fourth-order valence-corrected chi connectivity index (χ4v) is 1.25. The van der Waals surface area contributed by atoms with E-state index < -0.39 is 29.5 Å². The number of nitrogens with two attached hydrogens (primary N) is 1. The van der Waals surface area contributed by atoms with Crippen molar-refractivity contribution in [3.63, 3.8) is 0 Å². The Morgan fingerprint density at radius 3 is 2.00 bits per heavy atom. The van der Waals surface area contributed by atoms with Crippen LogP contribution in [0.1, 0.15) is 17.2 Å². The highest BCUT2D eigenvalue weighted by atomic mass is 35.5. The third-order valence-corrected chi connectivity index (χ3v) is 2.31. The molecule has 1 rings (SSSR count). The van der Waals surface area contributed by atoms with Crippen LogP contribution in [0, 0.1) is 12.7 Å². The van der Waals surface area contributed by atoms with Crippen molar-refractivity contribution in [2.24, 2.45) is 5.73 Å². The van der Waals surface area contributed by atoms with E-state index in [4.69, 9.17) is 5.73 Å². The normalized spacial score (nSPS) is 14.0. The molecule has 0 fully saturated rings. The van der Waals surface area contributed by atoms with Gasteiger partial charge in [-0.25, -0.2) is 4.39 Å². The SMILES string of the molecule is Cc1cc([C@@H](N)C(F)(F)C(F)(F)F)ccc1F.Cl. The van der Waals surface area contributed by atoms with Crippen LogP contribution in [0.5, 0.6) is 0 Å². The molecular weight excluding hydrogens is 284 g/mol. The van der Waals surface area contributed by atoms with Crippen molar-refractivity contribution in [3.8, 4) is 0 Å². The minimum Gasteiger partial charge on any atom is -0.319 e. The van der Waals surface area contributed by atoms with Gasteiger partial charge in [-0.2, -0.15) is 22.0 Å². The topological polar surface area (TPSA) is 26.0 Å². The number of hydrogen-bond donors (Lipinski definition) is 1. The first kappa shape index (κ1) is 17.1. The maximum absolute atomic E-state index is 12.9. The van der Waals surface area contributed by atoms with Crippen molar-refractivity contribution in [2.45, 2.75) is 25.1 Å². The Labute approximate surface area is 105 Å². The number of hydrogen-bond acceptors (Lipinski definition) is 1. The van der Waals surface area contributed by atoms with Crippen LogP contribution in [-0.2, 0) is 0 Å². The smallest absolute Gasteiger partial charge is 0.319 e. The summed E-state index contributed by atoms with van der Waals surface area (Å²) in [6.07, 6.45) is -5.74. The number of rotatable bonds is 2. The van der Waals surface area contributed by atoms with Crippen molar-refractivity contribution >= 4 is 12.4 Å². The molecule has 0 aliphatic heterocycles. The third kappa shape index (κ3) is 3.08. The van der Waals surface area contributed by atoms with E-state index in [1.54, 1.807) is 0 Å². The molecule has 0 saturated heterocycles. The maximum atomic E-state index is 12.9. The van der Waals surface area contributed by atoms with Crippen molar-refractivity contribution in [1.29, 1.82) is 0 Å². The van der Waals surface area contributed by atoms with Crippen molar-refractivity contribution < 1.29 is 26.3 Å². The zero-order valence-corrected chi connectivity index (χ0v) is 9.88. The molecule has 2 N–H and O–H groups in total. The molecule has 0 saturated carbocycles. The van der Waals surface area contributed by atoms with Gasteiger partial charge in [-0.05, 0) is 24.1 Å². The molecule has 0 unspecified atom stereocenters. The average Bonchev–Trinajstić information content (AvgIpc) is 2.19. The second kappa shape index (κ2) is 5.36. The molecule has 0 aromatic heterocycles. The second-order valence-electron chi connectivity index (χ2n) is 3.61. The number of halogens is 7.